The van der Waals surface area contributed by atoms with E-state index in [0.717, 1.165) is 19.6 Å². The first-order valence-electron chi connectivity index (χ1n) is 6.74. The fraction of sp³-hybridized carbons (Fsp3) is 0.833. The highest BCUT2D eigenvalue weighted by atomic mass is 16.2. The number of urea groups is 1. The lowest BCUT2D eigenvalue weighted by Crippen LogP contribution is -2.45. The van der Waals surface area contributed by atoms with Crippen molar-refractivity contribution >= 4 is 11.9 Å². The number of likely N-dealkylation sites (N-methyl/N-ethyl adjacent to an activating group) is 1. The first-order chi connectivity index (χ1) is 8.70. The molecule has 2 fully saturated rings. The van der Waals surface area contributed by atoms with E-state index in [1.165, 1.54) is 17.7 Å². The molecule has 2 aliphatic heterocycles. The van der Waals surface area contributed by atoms with Crippen molar-refractivity contribution in [3.63, 3.8) is 0 Å². The summed E-state index contributed by atoms with van der Waals surface area (Å²) in [7, 11) is 0. The molecule has 1 unspecified atom stereocenters. The van der Waals surface area contributed by atoms with E-state index in [-0.39, 0.29) is 11.9 Å². The highest BCUT2D eigenvalue weighted by Gasteiger charge is 2.27. The van der Waals surface area contributed by atoms with Gasteiger partial charge in [-0.05, 0) is 25.9 Å². The van der Waals surface area contributed by atoms with Gasteiger partial charge in [0, 0.05) is 25.7 Å². The van der Waals surface area contributed by atoms with Crippen molar-refractivity contribution in [2.24, 2.45) is 0 Å². The van der Waals surface area contributed by atoms with E-state index < -0.39 is 0 Å². The zero-order chi connectivity index (χ0) is 13.0. The standard InChI is InChI=1S/C12H22N4O2/c1-2-15(8-10-4-3-5-13-10)9-11(17)16-7-6-14-12(16)18/h10,13H,2-9H2,1H3,(H,14,18). The van der Waals surface area contributed by atoms with E-state index in [2.05, 4.69) is 15.5 Å². The number of nitrogens with zero attached hydrogens (tertiary/aromatic N) is 2. The summed E-state index contributed by atoms with van der Waals surface area (Å²) in [5.41, 5.74) is 0. The van der Waals surface area contributed by atoms with Gasteiger partial charge < -0.3 is 10.6 Å². The minimum Gasteiger partial charge on any atom is -0.336 e. The highest BCUT2D eigenvalue weighted by molar-refractivity contribution is 5.96. The Morgan fingerprint density at radius 3 is 2.89 bits per heavy atom. The topological polar surface area (TPSA) is 64.7 Å². The van der Waals surface area contributed by atoms with Crippen LogP contribution in [0.1, 0.15) is 19.8 Å². The lowest BCUT2D eigenvalue weighted by Gasteiger charge is -2.25. The molecule has 0 bridgehead atoms. The molecule has 2 N–H and O–H groups in total. The summed E-state index contributed by atoms with van der Waals surface area (Å²) in [5, 5.41) is 6.08. The first kappa shape index (κ1) is 13.3. The molecule has 0 aromatic carbocycles. The van der Waals surface area contributed by atoms with E-state index in [4.69, 9.17) is 0 Å². The van der Waals surface area contributed by atoms with Gasteiger partial charge in [-0.25, -0.2) is 4.79 Å². The van der Waals surface area contributed by atoms with Crippen LogP contribution in [0, 0.1) is 0 Å². The van der Waals surface area contributed by atoms with Crippen molar-refractivity contribution < 1.29 is 9.59 Å². The molecular formula is C12H22N4O2. The Morgan fingerprint density at radius 1 is 1.50 bits per heavy atom. The van der Waals surface area contributed by atoms with Crippen molar-refractivity contribution in [2.75, 3.05) is 39.3 Å². The Kier molecular flexibility index (Phi) is 4.54. The van der Waals surface area contributed by atoms with Gasteiger partial charge in [-0.2, -0.15) is 0 Å². The molecular weight excluding hydrogens is 232 g/mol. The molecule has 0 aromatic heterocycles. The molecule has 2 saturated heterocycles. The van der Waals surface area contributed by atoms with Gasteiger partial charge in [0.15, 0.2) is 0 Å². The largest absolute Gasteiger partial charge is 0.336 e. The van der Waals surface area contributed by atoms with Gasteiger partial charge in [0.2, 0.25) is 5.91 Å². The maximum absolute atomic E-state index is 12.0. The zero-order valence-corrected chi connectivity index (χ0v) is 10.9. The number of imide groups is 1. The molecule has 0 radical (unpaired) electrons. The molecule has 6 heteroatoms. The van der Waals surface area contributed by atoms with Crippen molar-refractivity contribution in [3.05, 3.63) is 0 Å². The van der Waals surface area contributed by atoms with Crippen LogP contribution in [0.15, 0.2) is 0 Å². The Bertz CT molecular complexity index is 315. The molecule has 102 valence electrons. The number of carbonyl (C=O) groups is 2. The fourth-order valence-corrected chi connectivity index (χ4v) is 2.52. The van der Waals surface area contributed by atoms with Crippen LogP contribution in [0.2, 0.25) is 0 Å². The van der Waals surface area contributed by atoms with Crippen LogP contribution >= 0.6 is 0 Å². The third-order valence-electron chi connectivity index (χ3n) is 3.60. The first-order valence-corrected chi connectivity index (χ1v) is 6.74. The van der Waals surface area contributed by atoms with E-state index in [1.54, 1.807) is 0 Å². The second-order valence-corrected chi connectivity index (χ2v) is 4.90. The Morgan fingerprint density at radius 2 is 2.33 bits per heavy atom. The molecule has 0 aliphatic carbocycles. The summed E-state index contributed by atoms with van der Waals surface area (Å²) < 4.78 is 0. The average molecular weight is 254 g/mol. The molecule has 1 atom stereocenters. The number of hydrogen-bond donors (Lipinski definition) is 2. The van der Waals surface area contributed by atoms with Gasteiger partial charge in [-0.15, -0.1) is 0 Å². The van der Waals surface area contributed by atoms with Crippen LogP contribution in [0.4, 0.5) is 4.79 Å². The van der Waals surface area contributed by atoms with Gasteiger partial charge in [0.1, 0.15) is 0 Å². The third-order valence-corrected chi connectivity index (χ3v) is 3.60. The third kappa shape index (κ3) is 3.20. The minimum absolute atomic E-state index is 0.0927. The lowest BCUT2D eigenvalue weighted by molar-refractivity contribution is -0.128. The van der Waals surface area contributed by atoms with Crippen LogP contribution in [0.5, 0.6) is 0 Å². The van der Waals surface area contributed by atoms with E-state index in [1.807, 2.05) is 6.92 Å². The average Bonchev–Trinajstić information content (AvgIpc) is 2.99. The Balaban J connectivity index is 1.81. The molecule has 3 amide bonds. The van der Waals surface area contributed by atoms with Crippen molar-refractivity contribution in [3.8, 4) is 0 Å². The number of amides is 3. The fourth-order valence-electron chi connectivity index (χ4n) is 2.52. The van der Waals surface area contributed by atoms with Gasteiger partial charge >= 0.3 is 6.03 Å². The molecule has 2 heterocycles. The van der Waals surface area contributed by atoms with Gasteiger partial charge in [0.25, 0.3) is 0 Å². The Labute approximate surface area is 108 Å². The highest BCUT2D eigenvalue weighted by Crippen LogP contribution is 2.07. The predicted molar refractivity (Wildman–Crippen MR) is 68.3 cm³/mol. The van der Waals surface area contributed by atoms with E-state index in [9.17, 15) is 9.59 Å². The van der Waals surface area contributed by atoms with Crippen molar-refractivity contribution in [2.45, 2.75) is 25.8 Å². The number of hydrogen-bond acceptors (Lipinski definition) is 4. The molecule has 2 rings (SSSR count). The summed E-state index contributed by atoms with van der Waals surface area (Å²) in [4.78, 5) is 26.8. The maximum atomic E-state index is 12.0. The molecule has 0 saturated carbocycles. The number of nitrogens with one attached hydrogen (secondary N) is 2. The second kappa shape index (κ2) is 6.15. The predicted octanol–water partition coefficient (Wildman–Crippen LogP) is -0.388. The smallest absolute Gasteiger partial charge is 0.324 e. The van der Waals surface area contributed by atoms with Crippen LogP contribution in [-0.2, 0) is 4.79 Å². The van der Waals surface area contributed by atoms with Crippen molar-refractivity contribution in [1.82, 2.24) is 20.4 Å². The van der Waals surface area contributed by atoms with Crippen LogP contribution in [0.3, 0.4) is 0 Å². The number of carbonyl (C=O) groups excluding carboxylic acids is 2. The van der Waals surface area contributed by atoms with E-state index >= 15 is 0 Å². The molecule has 2 aliphatic rings. The monoisotopic (exact) mass is 254 g/mol. The van der Waals surface area contributed by atoms with Crippen molar-refractivity contribution in [1.29, 1.82) is 0 Å². The summed E-state index contributed by atoms with van der Waals surface area (Å²) in [6, 6.07) is 0.236. The van der Waals surface area contributed by atoms with Crippen LogP contribution in [-0.4, -0.2) is 67.0 Å². The molecule has 0 spiro atoms. The Hall–Kier alpha value is -1.14. The van der Waals surface area contributed by atoms with Gasteiger partial charge in [-0.3, -0.25) is 14.6 Å². The lowest BCUT2D eigenvalue weighted by atomic mass is 10.2. The van der Waals surface area contributed by atoms with E-state index in [0.29, 0.717) is 25.7 Å². The SMILES string of the molecule is CCN(CC(=O)N1CCNC1=O)CC1CCCN1. The van der Waals surface area contributed by atoms with Gasteiger partial charge in [-0.1, -0.05) is 6.92 Å². The number of rotatable bonds is 5. The summed E-state index contributed by atoms with van der Waals surface area (Å²) >= 11 is 0. The zero-order valence-electron chi connectivity index (χ0n) is 10.9. The molecule has 0 aromatic rings. The molecule has 6 nitrogen and oxygen atoms in total. The summed E-state index contributed by atoms with van der Waals surface area (Å²) in [6.07, 6.45) is 2.39. The maximum Gasteiger partial charge on any atom is 0.324 e. The van der Waals surface area contributed by atoms with Crippen LogP contribution < -0.4 is 10.6 Å². The normalized spacial score (nSPS) is 23.8. The minimum atomic E-state index is -0.255. The summed E-state index contributed by atoms with van der Waals surface area (Å²) in [5.74, 6) is -0.0927. The quantitative estimate of drug-likeness (QED) is 0.701. The van der Waals surface area contributed by atoms with Crippen LogP contribution in [0.25, 0.3) is 0 Å². The van der Waals surface area contributed by atoms with Gasteiger partial charge in [0.05, 0.1) is 6.54 Å². The second-order valence-electron chi connectivity index (χ2n) is 4.90. The molecule has 18 heavy (non-hydrogen) atoms. The summed E-state index contributed by atoms with van der Waals surface area (Å²) in [6.45, 7) is 6.24.